The van der Waals surface area contributed by atoms with Gasteiger partial charge in [-0.25, -0.2) is 9.78 Å². The van der Waals surface area contributed by atoms with E-state index in [9.17, 15) is 18.0 Å². The number of carboxylic acid groups (broad SMARTS) is 1. The second kappa shape index (κ2) is 6.26. The van der Waals surface area contributed by atoms with E-state index in [1.165, 1.54) is 18.3 Å². The first-order chi connectivity index (χ1) is 8.81. The minimum absolute atomic E-state index is 0.175. The van der Waals surface area contributed by atoms with Gasteiger partial charge >= 0.3 is 12.1 Å². The number of carbonyl (C=O) groups is 1. The molecule has 1 unspecified atom stereocenters. The third-order valence-electron chi connectivity index (χ3n) is 2.17. The van der Waals surface area contributed by atoms with Gasteiger partial charge in [0.25, 0.3) is 0 Å². The zero-order valence-corrected chi connectivity index (χ0v) is 10.1. The maximum absolute atomic E-state index is 11.9. The molecular weight excluding hydrogens is 265 g/mol. The van der Waals surface area contributed by atoms with Gasteiger partial charge in [-0.3, -0.25) is 0 Å². The topological polar surface area (TPSA) is 71.5 Å². The van der Waals surface area contributed by atoms with Crippen molar-refractivity contribution in [3.05, 3.63) is 18.3 Å². The Balaban J connectivity index is 2.59. The molecular formula is C11H13F3N2O3. The fourth-order valence-electron chi connectivity index (χ4n) is 1.25. The number of nitrogens with one attached hydrogen (secondary N) is 1. The Morgan fingerprint density at radius 3 is 2.63 bits per heavy atom. The van der Waals surface area contributed by atoms with Gasteiger partial charge in [0.1, 0.15) is 6.04 Å². The maximum Gasteiger partial charge on any atom is 0.422 e. The summed E-state index contributed by atoms with van der Waals surface area (Å²) in [6, 6.07) is 1.87. The van der Waals surface area contributed by atoms with Gasteiger partial charge in [-0.1, -0.05) is 6.92 Å². The van der Waals surface area contributed by atoms with Gasteiger partial charge in [-0.15, -0.1) is 0 Å². The lowest BCUT2D eigenvalue weighted by Crippen LogP contribution is -2.28. The van der Waals surface area contributed by atoms with Gasteiger partial charge in [-0.05, 0) is 12.5 Å². The number of hydrogen-bond donors (Lipinski definition) is 2. The van der Waals surface area contributed by atoms with E-state index < -0.39 is 24.8 Å². The van der Waals surface area contributed by atoms with E-state index in [1.807, 2.05) is 0 Å². The molecule has 1 heterocycles. The summed E-state index contributed by atoms with van der Waals surface area (Å²) in [7, 11) is 0. The summed E-state index contributed by atoms with van der Waals surface area (Å²) in [6.07, 6.45) is -2.84. The van der Waals surface area contributed by atoms with E-state index in [1.54, 1.807) is 6.92 Å². The second-order valence-electron chi connectivity index (χ2n) is 3.73. The third kappa shape index (κ3) is 5.45. The van der Waals surface area contributed by atoms with Crippen LogP contribution >= 0.6 is 0 Å². The molecule has 1 aromatic rings. The van der Waals surface area contributed by atoms with Crippen molar-refractivity contribution >= 4 is 11.7 Å². The summed E-state index contributed by atoms with van der Waals surface area (Å²) >= 11 is 0. The molecule has 0 saturated carbocycles. The average Bonchev–Trinajstić information content (AvgIpc) is 2.33. The Morgan fingerprint density at radius 2 is 2.21 bits per heavy atom. The van der Waals surface area contributed by atoms with Gasteiger partial charge in [0.15, 0.2) is 6.61 Å². The Bertz CT molecular complexity index is 420. The average molecular weight is 278 g/mol. The van der Waals surface area contributed by atoms with Crippen molar-refractivity contribution in [3.8, 4) is 5.88 Å². The summed E-state index contributed by atoms with van der Waals surface area (Å²) < 4.78 is 40.1. The van der Waals surface area contributed by atoms with Crippen LogP contribution in [0.4, 0.5) is 18.9 Å². The zero-order chi connectivity index (χ0) is 14.5. The Labute approximate surface area is 107 Å². The highest BCUT2D eigenvalue weighted by Gasteiger charge is 2.28. The van der Waals surface area contributed by atoms with E-state index >= 15 is 0 Å². The molecule has 0 aliphatic carbocycles. The molecule has 0 aliphatic rings. The molecule has 8 heteroatoms. The van der Waals surface area contributed by atoms with Crippen LogP contribution in [0.15, 0.2) is 18.3 Å². The van der Waals surface area contributed by atoms with Gasteiger partial charge in [0.05, 0.1) is 11.9 Å². The number of nitrogens with zero attached hydrogens (tertiary/aromatic N) is 1. The molecule has 2 N–H and O–H groups in total. The normalized spacial score (nSPS) is 12.8. The monoisotopic (exact) mass is 278 g/mol. The first-order valence-corrected chi connectivity index (χ1v) is 5.46. The lowest BCUT2D eigenvalue weighted by molar-refractivity contribution is -0.154. The van der Waals surface area contributed by atoms with Crippen molar-refractivity contribution in [1.29, 1.82) is 0 Å². The van der Waals surface area contributed by atoms with Crippen LogP contribution in [0, 0.1) is 0 Å². The quantitative estimate of drug-likeness (QED) is 0.835. The van der Waals surface area contributed by atoms with E-state index in [0.29, 0.717) is 12.1 Å². The smallest absolute Gasteiger partial charge is 0.422 e. The summed E-state index contributed by atoms with van der Waals surface area (Å²) in [4.78, 5) is 14.4. The summed E-state index contributed by atoms with van der Waals surface area (Å²) in [5, 5.41) is 11.5. The number of alkyl halides is 3. The van der Waals surface area contributed by atoms with Crippen LogP contribution in [0.3, 0.4) is 0 Å². The van der Waals surface area contributed by atoms with Crippen LogP contribution in [0.25, 0.3) is 0 Å². The largest absolute Gasteiger partial charge is 0.480 e. The van der Waals surface area contributed by atoms with Crippen LogP contribution in [0.2, 0.25) is 0 Å². The molecule has 1 atom stereocenters. The predicted octanol–water partition coefficient (Wildman–Crippen LogP) is 2.30. The number of aliphatic carboxylic acids is 1. The fourth-order valence-corrected chi connectivity index (χ4v) is 1.25. The molecule has 0 radical (unpaired) electrons. The number of carboxylic acids is 1. The highest BCUT2D eigenvalue weighted by molar-refractivity contribution is 5.77. The number of rotatable bonds is 6. The molecule has 106 valence electrons. The number of pyridine rings is 1. The molecule has 0 fully saturated rings. The summed E-state index contributed by atoms with van der Waals surface area (Å²) in [5.41, 5.74) is 0.397. The molecule has 0 spiro atoms. The van der Waals surface area contributed by atoms with Crippen molar-refractivity contribution in [2.24, 2.45) is 0 Å². The Morgan fingerprint density at radius 1 is 1.53 bits per heavy atom. The van der Waals surface area contributed by atoms with Gasteiger partial charge in [-0.2, -0.15) is 13.2 Å². The minimum atomic E-state index is -4.42. The van der Waals surface area contributed by atoms with Crippen molar-refractivity contribution in [2.75, 3.05) is 11.9 Å². The molecule has 1 aromatic heterocycles. The standard InChI is InChI=1S/C11H13F3N2O3/c1-2-8(10(17)18)16-7-3-4-9(15-5-7)19-6-11(12,13)14/h3-5,8,16H,2,6H2,1H3,(H,17,18). The van der Waals surface area contributed by atoms with Gasteiger partial charge < -0.3 is 15.2 Å². The van der Waals surface area contributed by atoms with Crippen molar-refractivity contribution in [3.63, 3.8) is 0 Å². The fraction of sp³-hybridized carbons (Fsp3) is 0.455. The molecule has 0 saturated heterocycles. The van der Waals surface area contributed by atoms with E-state index in [-0.39, 0.29) is 5.88 Å². The highest BCUT2D eigenvalue weighted by atomic mass is 19.4. The SMILES string of the molecule is CCC(Nc1ccc(OCC(F)(F)F)nc1)C(=O)O. The second-order valence-corrected chi connectivity index (χ2v) is 3.73. The zero-order valence-electron chi connectivity index (χ0n) is 10.1. The van der Waals surface area contributed by atoms with Crippen LogP contribution in [0.5, 0.6) is 5.88 Å². The predicted molar refractivity (Wildman–Crippen MR) is 61.1 cm³/mol. The number of ether oxygens (including phenoxy) is 1. The maximum atomic E-state index is 11.9. The highest BCUT2D eigenvalue weighted by Crippen LogP contribution is 2.18. The van der Waals surface area contributed by atoms with Crippen molar-refractivity contribution in [1.82, 2.24) is 4.98 Å². The lowest BCUT2D eigenvalue weighted by Gasteiger charge is -2.13. The first kappa shape index (κ1) is 15.1. The van der Waals surface area contributed by atoms with Crippen LogP contribution in [-0.2, 0) is 4.79 Å². The summed E-state index contributed by atoms with van der Waals surface area (Å²) in [5.74, 6) is -1.19. The van der Waals surface area contributed by atoms with E-state index in [2.05, 4.69) is 15.0 Å². The van der Waals surface area contributed by atoms with Crippen LogP contribution in [0.1, 0.15) is 13.3 Å². The molecule has 0 aliphatic heterocycles. The van der Waals surface area contributed by atoms with E-state index in [4.69, 9.17) is 5.11 Å². The van der Waals surface area contributed by atoms with Crippen LogP contribution < -0.4 is 10.1 Å². The number of halogens is 3. The summed E-state index contributed by atoms with van der Waals surface area (Å²) in [6.45, 7) is 0.277. The first-order valence-electron chi connectivity index (χ1n) is 5.46. The molecule has 19 heavy (non-hydrogen) atoms. The molecule has 0 aromatic carbocycles. The number of aromatic nitrogens is 1. The Kier molecular flexibility index (Phi) is 4.96. The molecule has 0 amide bonds. The Hall–Kier alpha value is -1.99. The van der Waals surface area contributed by atoms with Crippen molar-refractivity contribution in [2.45, 2.75) is 25.6 Å². The number of hydrogen-bond acceptors (Lipinski definition) is 4. The molecule has 5 nitrogen and oxygen atoms in total. The minimum Gasteiger partial charge on any atom is -0.480 e. The number of anilines is 1. The van der Waals surface area contributed by atoms with Gasteiger partial charge in [0.2, 0.25) is 5.88 Å². The molecule has 1 rings (SSSR count). The lowest BCUT2D eigenvalue weighted by atomic mass is 10.2. The van der Waals surface area contributed by atoms with Crippen molar-refractivity contribution < 1.29 is 27.8 Å². The van der Waals surface area contributed by atoms with Gasteiger partial charge in [0, 0.05) is 6.07 Å². The third-order valence-corrected chi connectivity index (χ3v) is 2.17. The van der Waals surface area contributed by atoms with Crippen LogP contribution in [-0.4, -0.2) is 34.9 Å². The molecule has 0 bridgehead atoms. The van der Waals surface area contributed by atoms with E-state index in [0.717, 1.165) is 0 Å².